The van der Waals surface area contributed by atoms with Crippen LogP contribution in [0.2, 0.25) is 0 Å². The highest BCUT2D eigenvalue weighted by Gasteiger charge is 2.03. The molecule has 0 bridgehead atoms. The van der Waals surface area contributed by atoms with Gasteiger partial charge in [0.05, 0.1) is 0 Å². The van der Waals surface area contributed by atoms with Crippen molar-refractivity contribution in [1.29, 1.82) is 0 Å². The van der Waals surface area contributed by atoms with Gasteiger partial charge in [0.15, 0.2) is 5.82 Å². The maximum atomic E-state index is 9.31. The first-order valence-electron chi connectivity index (χ1n) is 6.97. The van der Waals surface area contributed by atoms with Gasteiger partial charge in [-0.1, -0.05) is 43.3 Å². The summed E-state index contributed by atoms with van der Waals surface area (Å²) in [5, 5.41) is 9.31. The van der Waals surface area contributed by atoms with Crippen molar-refractivity contribution in [3.8, 4) is 28.3 Å². The molecule has 3 rings (SSSR count). The Kier molecular flexibility index (Phi) is 3.65. The van der Waals surface area contributed by atoms with E-state index in [-0.39, 0.29) is 5.75 Å². The number of hydrogen-bond acceptors (Lipinski definition) is 3. The summed E-state index contributed by atoms with van der Waals surface area (Å²) in [4.78, 5) is 8.86. The summed E-state index contributed by atoms with van der Waals surface area (Å²) in [6.07, 6.45) is 4.64. The first kappa shape index (κ1) is 13.3. The minimum atomic E-state index is 0.257. The molecule has 3 aromatic rings. The normalized spacial score (nSPS) is 10.5. The Labute approximate surface area is 124 Å². The third-order valence-corrected chi connectivity index (χ3v) is 3.47. The number of aryl methyl sites for hydroxylation is 1. The molecule has 3 heteroatoms. The van der Waals surface area contributed by atoms with E-state index in [4.69, 9.17) is 0 Å². The van der Waals surface area contributed by atoms with Crippen LogP contribution in [0.25, 0.3) is 22.5 Å². The molecule has 0 radical (unpaired) electrons. The van der Waals surface area contributed by atoms with Gasteiger partial charge in [-0.05, 0) is 29.7 Å². The fraction of sp³-hybridized carbons (Fsp3) is 0.111. The van der Waals surface area contributed by atoms with E-state index in [0.717, 1.165) is 28.9 Å². The van der Waals surface area contributed by atoms with Gasteiger partial charge in [-0.15, -0.1) is 0 Å². The molecule has 1 heterocycles. The molecule has 0 saturated heterocycles. The van der Waals surface area contributed by atoms with E-state index in [9.17, 15) is 5.11 Å². The maximum absolute atomic E-state index is 9.31. The van der Waals surface area contributed by atoms with Gasteiger partial charge < -0.3 is 5.11 Å². The molecule has 0 aliphatic carbocycles. The van der Waals surface area contributed by atoms with Crippen LogP contribution in [-0.2, 0) is 6.42 Å². The summed E-state index contributed by atoms with van der Waals surface area (Å²) in [7, 11) is 0. The van der Waals surface area contributed by atoms with Crippen LogP contribution in [0.5, 0.6) is 5.75 Å². The van der Waals surface area contributed by atoms with E-state index < -0.39 is 0 Å². The van der Waals surface area contributed by atoms with Gasteiger partial charge in [-0.2, -0.15) is 0 Å². The van der Waals surface area contributed by atoms with Crippen molar-refractivity contribution >= 4 is 0 Å². The highest BCUT2D eigenvalue weighted by Crippen LogP contribution is 2.22. The average Bonchev–Trinajstić information content (AvgIpc) is 2.56. The lowest BCUT2D eigenvalue weighted by Gasteiger charge is -2.04. The molecule has 0 aliphatic rings. The van der Waals surface area contributed by atoms with Crippen LogP contribution in [0.15, 0.2) is 60.9 Å². The molecule has 104 valence electrons. The van der Waals surface area contributed by atoms with Crippen molar-refractivity contribution in [1.82, 2.24) is 9.97 Å². The SMILES string of the molecule is CCc1ccc(-c2ncc(-c3ccc(O)cc3)cn2)cc1. The zero-order valence-electron chi connectivity index (χ0n) is 11.8. The van der Waals surface area contributed by atoms with Crippen molar-refractivity contribution in [2.75, 3.05) is 0 Å². The zero-order chi connectivity index (χ0) is 14.7. The Bertz CT molecular complexity index is 717. The van der Waals surface area contributed by atoms with Crippen LogP contribution in [0.4, 0.5) is 0 Å². The Balaban J connectivity index is 1.87. The number of nitrogens with zero attached hydrogens (tertiary/aromatic N) is 2. The van der Waals surface area contributed by atoms with Gasteiger partial charge in [-0.3, -0.25) is 0 Å². The first-order chi connectivity index (χ1) is 10.3. The van der Waals surface area contributed by atoms with Gasteiger partial charge >= 0.3 is 0 Å². The summed E-state index contributed by atoms with van der Waals surface area (Å²) in [5.41, 5.74) is 4.24. The van der Waals surface area contributed by atoms with Gasteiger partial charge in [0.2, 0.25) is 0 Å². The number of rotatable bonds is 3. The molecule has 21 heavy (non-hydrogen) atoms. The standard InChI is InChI=1S/C18H16N2O/c1-2-13-3-5-15(6-4-13)18-19-11-16(12-20-18)14-7-9-17(21)10-8-14/h3-12,21H,2H2,1H3. The third-order valence-electron chi connectivity index (χ3n) is 3.47. The van der Waals surface area contributed by atoms with E-state index in [2.05, 4.69) is 29.0 Å². The highest BCUT2D eigenvalue weighted by atomic mass is 16.3. The molecule has 2 aromatic carbocycles. The molecule has 0 unspecified atom stereocenters. The van der Waals surface area contributed by atoms with Crippen LogP contribution in [0, 0.1) is 0 Å². The van der Waals surface area contributed by atoms with E-state index in [1.165, 1.54) is 5.56 Å². The second-order valence-electron chi connectivity index (χ2n) is 4.89. The number of benzene rings is 2. The van der Waals surface area contributed by atoms with Crippen LogP contribution in [-0.4, -0.2) is 15.1 Å². The van der Waals surface area contributed by atoms with Crippen LogP contribution in [0.1, 0.15) is 12.5 Å². The number of phenols is 1. The maximum Gasteiger partial charge on any atom is 0.159 e. The predicted molar refractivity (Wildman–Crippen MR) is 83.9 cm³/mol. The summed E-state index contributed by atoms with van der Waals surface area (Å²) in [5.74, 6) is 0.979. The lowest BCUT2D eigenvalue weighted by molar-refractivity contribution is 0.475. The number of aromatic nitrogens is 2. The van der Waals surface area contributed by atoms with Crippen molar-refractivity contribution in [3.05, 3.63) is 66.5 Å². The molecule has 0 fully saturated rings. The van der Waals surface area contributed by atoms with Gasteiger partial charge in [0, 0.05) is 23.5 Å². The molecule has 1 aromatic heterocycles. The number of aromatic hydroxyl groups is 1. The minimum absolute atomic E-state index is 0.257. The van der Waals surface area contributed by atoms with Crippen molar-refractivity contribution in [2.45, 2.75) is 13.3 Å². The Morgan fingerprint density at radius 2 is 1.33 bits per heavy atom. The van der Waals surface area contributed by atoms with Gasteiger partial charge in [0.1, 0.15) is 5.75 Å². The summed E-state index contributed by atoms with van der Waals surface area (Å²) >= 11 is 0. The van der Waals surface area contributed by atoms with E-state index in [0.29, 0.717) is 0 Å². The molecule has 0 amide bonds. The van der Waals surface area contributed by atoms with Crippen molar-refractivity contribution < 1.29 is 5.11 Å². The van der Waals surface area contributed by atoms with E-state index in [1.807, 2.05) is 36.7 Å². The lowest BCUT2D eigenvalue weighted by atomic mass is 10.1. The van der Waals surface area contributed by atoms with E-state index >= 15 is 0 Å². The fourth-order valence-electron chi connectivity index (χ4n) is 2.17. The summed E-state index contributed by atoms with van der Waals surface area (Å²) < 4.78 is 0. The molecular formula is C18H16N2O. The molecule has 0 saturated carbocycles. The second-order valence-corrected chi connectivity index (χ2v) is 4.89. The topological polar surface area (TPSA) is 46.0 Å². The largest absolute Gasteiger partial charge is 0.508 e. The average molecular weight is 276 g/mol. The lowest BCUT2D eigenvalue weighted by Crippen LogP contribution is -1.90. The van der Waals surface area contributed by atoms with Crippen molar-refractivity contribution in [2.24, 2.45) is 0 Å². The second kappa shape index (κ2) is 5.75. The number of hydrogen-bond donors (Lipinski definition) is 1. The Morgan fingerprint density at radius 1 is 0.762 bits per heavy atom. The van der Waals surface area contributed by atoms with Crippen LogP contribution in [0.3, 0.4) is 0 Å². The Morgan fingerprint density at radius 3 is 1.90 bits per heavy atom. The fourth-order valence-corrected chi connectivity index (χ4v) is 2.17. The molecule has 0 aliphatic heterocycles. The monoisotopic (exact) mass is 276 g/mol. The molecule has 1 N–H and O–H groups in total. The zero-order valence-corrected chi connectivity index (χ0v) is 11.8. The summed E-state index contributed by atoms with van der Waals surface area (Å²) in [6.45, 7) is 2.14. The summed E-state index contributed by atoms with van der Waals surface area (Å²) in [6, 6.07) is 15.3. The van der Waals surface area contributed by atoms with Crippen LogP contribution < -0.4 is 0 Å². The van der Waals surface area contributed by atoms with Gasteiger partial charge in [0.25, 0.3) is 0 Å². The molecular weight excluding hydrogens is 260 g/mol. The molecule has 0 spiro atoms. The predicted octanol–water partition coefficient (Wildman–Crippen LogP) is 4.08. The molecule has 0 atom stereocenters. The van der Waals surface area contributed by atoms with Crippen LogP contribution >= 0.6 is 0 Å². The number of phenolic OH excluding ortho intramolecular Hbond substituents is 1. The van der Waals surface area contributed by atoms with Gasteiger partial charge in [-0.25, -0.2) is 9.97 Å². The third kappa shape index (κ3) is 2.92. The smallest absolute Gasteiger partial charge is 0.159 e. The first-order valence-corrected chi connectivity index (χ1v) is 6.97. The quantitative estimate of drug-likeness (QED) is 0.784. The Hall–Kier alpha value is -2.68. The van der Waals surface area contributed by atoms with E-state index in [1.54, 1.807) is 12.1 Å². The minimum Gasteiger partial charge on any atom is -0.508 e. The highest BCUT2D eigenvalue weighted by molar-refractivity contribution is 5.64. The van der Waals surface area contributed by atoms with Crippen molar-refractivity contribution in [3.63, 3.8) is 0 Å². The molecule has 3 nitrogen and oxygen atoms in total.